The SMILES string of the molecule is O=C(CCCc1nc2ccccc2c(=O)[nH]1)NC1CCC(c2nnc(-c3ccncc3)o2)CC1. The molecule has 4 aromatic rings. The number of para-hydroxylation sites is 1. The zero-order chi connectivity index (χ0) is 23.3. The number of pyridine rings is 1. The van der Waals surface area contributed by atoms with Gasteiger partial charge in [-0.2, -0.15) is 0 Å². The number of hydrogen-bond acceptors (Lipinski definition) is 7. The zero-order valence-corrected chi connectivity index (χ0v) is 18.7. The van der Waals surface area contributed by atoms with Gasteiger partial charge in [0, 0.05) is 42.8 Å². The van der Waals surface area contributed by atoms with Crippen LogP contribution >= 0.6 is 0 Å². The lowest BCUT2D eigenvalue weighted by molar-refractivity contribution is -0.122. The van der Waals surface area contributed by atoms with Crippen molar-refractivity contribution in [2.24, 2.45) is 0 Å². The number of amides is 1. The Morgan fingerprint density at radius 2 is 1.85 bits per heavy atom. The molecule has 174 valence electrons. The van der Waals surface area contributed by atoms with Crippen molar-refractivity contribution in [2.45, 2.75) is 56.9 Å². The number of carbonyl (C=O) groups is 1. The number of rotatable bonds is 7. The zero-order valence-electron chi connectivity index (χ0n) is 18.7. The first kappa shape index (κ1) is 21.9. The molecule has 34 heavy (non-hydrogen) atoms. The highest BCUT2D eigenvalue weighted by molar-refractivity contribution is 5.77. The van der Waals surface area contributed by atoms with Crippen molar-refractivity contribution >= 4 is 16.8 Å². The van der Waals surface area contributed by atoms with E-state index in [0.717, 1.165) is 31.2 Å². The molecule has 1 fully saturated rings. The number of carbonyl (C=O) groups excluding carboxylic acids is 1. The molecule has 0 aliphatic heterocycles. The summed E-state index contributed by atoms with van der Waals surface area (Å²) < 4.78 is 5.89. The summed E-state index contributed by atoms with van der Waals surface area (Å²) in [6.07, 6.45) is 8.52. The smallest absolute Gasteiger partial charge is 0.258 e. The summed E-state index contributed by atoms with van der Waals surface area (Å²) >= 11 is 0. The van der Waals surface area contributed by atoms with Crippen LogP contribution in [0.3, 0.4) is 0 Å². The summed E-state index contributed by atoms with van der Waals surface area (Å²) in [5.74, 6) is 2.03. The van der Waals surface area contributed by atoms with Gasteiger partial charge in [-0.1, -0.05) is 12.1 Å². The van der Waals surface area contributed by atoms with Gasteiger partial charge in [-0.15, -0.1) is 10.2 Å². The van der Waals surface area contributed by atoms with E-state index in [1.165, 1.54) is 0 Å². The minimum absolute atomic E-state index is 0.0318. The van der Waals surface area contributed by atoms with E-state index in [1.807, 2.05) is 30.3 Å². The second kappa shape index (κ2) is 9.94. The second-order valence-corrected chi connectivity index (χ2v) is 8.68. The van der Waals surface area contributed by atoms with Crippen LogP contribution in [0.5, 0.6) is 0 Å². The van der Waals surface area contributed by atoms with E-state index < -0.39 is 0 Å². The highest BCUT2D eigenvalue weighted by Gasteiger charge is 2.27. The Hall–Kier alpha value is -3.88. The number of hydrogen-bond donors (Lipinski definition) is 2. The van der Waals surface area contributed by atoms with Crippen LogP contribution in [-0.2, 0) is 11.2 Å². The third-order valence-electron chi connectivity index (χ3n) is 6.29. The maximum absolute atomic E-state index is 12.4. The summed E-state index contributed by atoms with van der Waals surface area (Å²) in [7, 11) is 0. The molecule has 1 amide bonds. The van der Waals surface area contributed by atoms with Gasteiger partial charge in [0.15, 0.2) is 0 Å². The van der Waals surface area contributed by atoms with Gasteiger partial charge in [0.1, 0.15) is 5.82 Å². The molecule has 2 N–H and O–H groups in total. The van der Waals surface area contributed by atoms with Gasteiger partial charge in [0.05, 0.1) is 10.9 Å². The number of fused-ring (bicyclic) bond motifs is 1. The maximum atomic E-state index is 12.4. The maximum Gasteiger partial charge on any atom is 0.258 e. The molecule has 9 nitrogen and oxygen atoms in total. The predicted octanol–water partition coefficient (Wildman–Crippen LogP) is 3.53. The second-order valence-electron chi connectivity index (χ2n) is 8.68. The summed E-state index contributed by atoms with van der Waals surface area (Å²) in [6.45, 7) is 0. The number of aromatic nitrogens is 5. The number of nitrogens with zero attached hydrogens (tertiary/aromatic N) is 4. The van der Waals surface area contributed by atoms with Gasteiger partial charge in [-0.25, -0.2) is 4.98 Å². The Balaban J connectivity index is 1.07. The lowest BCUT2D eigenvalue weighted by Crippen LogP contribution is -2.37. The van der Waals surface area contributed by atoms with Gasteiger partial charge in [0.2, 0.25) is 17.7 Å². The molecule has 3 heterocycles. The molecule has 0 atom stereocenters. The van der Waals surface area contributed by atoms with Crippen LogP contribution in [0.15, 0.2) is 58.0 Å². The van der Waals surface area contributed by atoms with Crippen molar-refractivity contribution in [2.75, 3.05) is 0 Å². The monoisotopic (exact) mass is 458 g/mol. The standard InChI is InChI=1S/C25H26N6O3/c32-22(7-3-6-21-28-20-5-2-1-4-19(20)23(33)29-21)27-18-10-8-16(9-11-18)24-30-31-25(34-24)17-12-14-26-15-13-17/h1-2,4-5,12-16,18H,3,6-11H2,(H,27,32)(H,28,29,33). The van der Waals surface area contributed by atoms with Crippen molar-refractivity contribution in [3.8, 4) is 11.5 Å². The van der Waals surface area contributed by atoms with Crippen LogP contribution in [-0.4, -0.2) is 37.1 Å². The van der Waals surface area contributed by atoms with Gasteiger partial charge in [-0.3, -0.25) is 14.6 Å². The average Bonchev–Trinajstić information content (AvgIpc) is 3.36. The molecule has 9 heteroatoms. The van der Waals surface area contributed by atoms with Crippen molar-refractivity contribution < 1.29 is 9.21 Å². The fourth-order valence-corrected chi connectivity index (χ4v) is 4.46. The summed E-state index contributed by atoms with van der Waals surface area (Å²) in [4.78, 5) is 35.9. The Bertz CT molecular complexity index is 1330. The third kappa shape index (κ3) is 5.03. The Labute approximate surface area is 196 Å². The van der Waals surface area contributed by atoms with E-state index in [1.54, 1.807) is 18.5 Å². The number of aromatic amines is 1. The Kier molecular flexibility index (Phi) is 6.42. The van der Waals surface area contributed by atoms with Crippen LogP contribution < -0.4 is 10.9 Å². The van der Waals surface area contributed by atoms with Gasteiger partial charge >= 0.3 is 0 Å². The summed E-state index contributed by atoms with van der Waals surface area (Å²) in [5.41, 5.74) is 1.39. The van der Waals surface area contributed by atoms with E-state index in [4.69, 9.17) is 4.42 Å². The van der Waals surface area contributed by atoms with E-state index in [-0.39, 0.29) is 23.4 Å². The molecule has 0 bridgehead atoms. The molecule has 0 spiro atoms. The third-order valence-corrected chi connectivity index (χ3v) is 6.29. The first-order chi connectivity index (χ1) is 16.7. The minimum Gasteiger partial charge on any atom is -0.420 e. The highest BCUT2D eigenvalue weighted by Crippen LogP contribution is 2.33. The number of H-pyrrole nitrogens is 1. The fraction of sp³-hybridized carbons (Fsp3) is 0.360. The molecule has 1 aromatic carbocycles. The predicted molar refractivity (Wildman–Crippen MR) is 126 cm³/mol. The van der Waals surface area contributed by atoms with Gasteiger partial charge in [0.25, 0.3) is 5.56 Å². The van der Waals surface area contributed by atoms with Gasteiger partial charge < -0.3 is 14.7 Å². The Morgan fingerprint density at radius 3 is 2.68 bits per heavy atom. The van der Waals surface area contributed by atoms with Crippen LogP contribution in [0.2, 0.25) is 0 Å². The highest BCUT2D eigenvalue weighted by atomic mass is 16.4. The fourth-order valence-electron chi connectivity index (χ4n) is 4.46. The van der Waals surface area contributed by atoms with Crippen LogP contribution in [0.25, 0.3) is 22.4 Å². The normalized spacial score (nSPS) is 18.1. The van der Waals surface area contributed by atoms with E-state index >= 15 is 0 Å². The molecule has 1 aliphatic rings. The number of benzene rings is 1. The summed E-state index contributed by atoms with van der Waals surface area (Å²) in [5, 5.41) is 12.1. The minimum atomic E-state index is -0.143. The lowest BCUT2D eigenvalue weighted by atomic mass is 9.86. The summed E-state index contributed by atoms with van der Waals surface area (Å²) in [6, 6.07) is 11.1. The molecule has 1 saturated carbocycles. The van der Waals surface area contributed by atoms with Crippen molar-refractivity contribution in [1.29, 1.82) is 0 Å². The van der Waals surface area contributed by atoms with Gasteiger partial charge in [-0.05, 0) is 56.4 Å². The topological polar surface area (TPSA) is 127 Å². The van der Waals surface area contributed by atoms with E-state index in [2.05, 4.69) is 30.5 Å². The van der Waals surface area contributed by atoms with Crippen LogP contribution in [0.1, 0.15) is 56.2 Å². The molecule has 1 aliphatic carbocycles. The molecule has 0 radical (unpaired) electrons. The Morgan fingerprint density at radius 1 is 1.06 bits per heavy atom. The van der Waals surface area contributed by atoms with E-state index in [0.29, 0.717) is 47.8 Å². The molecule has 0 saturated heterocycles. The largest absolute Gasteiger partial charge is 0.420 e. The van der Waals surface area contributed by atoms with Crippen LogP contribution in [0, 0.1) is 0 Å². The number of nitrogens with one attached hydrogen (secondary N) is 2. The van der Waals surface area contributed by atoms with Crippen molar-refractivity contribution in [1.82, 2.24) is 30.5 Å². The molecule has 0 unspecified atom stereocenters. The quantitative estimate of drug-likeness (QED) is 0.434. The van der Waals surface area contributed by atoms with Crippen molar-refractivity contribution in [3.05, 3.63) is 70.9 Å². The van der Waals surface area contributed by atoms with Crippen LogP contribution in [0.4, 0.5) is 0 Å². The molecular weight excluding hydrogens is 432 g/mol. The lowest BCUT2D eigenvalue weighted by Gasteiger charge is -2.27. The first-order valence-electron chi connectivity index (χ1n) is 11.7. The number of aryl methyl sites for hydroxylation is 1. The van der Waals surface area contributed by atoms with E-state index in [9.17, 15) is 9.59 Å². The average molecular weight is 459 g/mol. The first-order valence-corrected chi connectivity index (χ1v) is 11.7. The van der Waals surface area contributed by atoms with Crippen molar-refractivity contribution in [3.63, 3.8) is 0 Å². The molecule has 3 aromatic heterocycles. The molecular formula is C25H26N6O3. The molecule has 5 rings (SSSR count).